The number of hydrogen-bond donors (Lipinski definition) is 2. The lowest BCUT2D eigenvalue weighted by Gasteiger charge is -2.18. The van der Waals surface area contributed by atoms with Crippen molar-refractivity contribution in [1.82, 2.24) is 14.9 Å². The fourth-order valence-corrected chi connectivity index (χ4v) is 4.19. The van der Waals surface area contributed by atoms with Crippen LogP contribution in [0.1, 0.15) is 31.7 Å². The summed E-state index contributed by atoms with van der Waals surface area (Å²) >= 11 is 3.35. The molecule has 1 atom stereocenters. The number of halogens is 1. The minimum Gasteiger partial charge on any atom is -0.281 e. The fraction of sp³-hybridized carbons (Fsp3) is 0.727. The molecule has 18 heavy (non-hydrogen) atoms. The van der Waals surface area contributed by atoms with Crippen LogP contribution in [-0.2, 0) is 10.0 Å². The molecule has 0 spiro atoms. The van der Waals surface area contributed by atoms with Gasteiger partial charge in [0, 0.05) is 11.4 Å². The third-order valence-corrected chi connectivity index (χ3v) is 5.16. The molecular formula is C11H20BrN3O2S. The summed E-state index contributed by atoms with van der Waals surface area (Å²) in [5.74, 6) is 0.432. The van der Waals surface area contributed by atoms with Gasteiger partial charge in [-0.25, -0.2) is 13.1 Å². The van der Waals surface area contributed by atoms with Crippen molar-refractivity contribution >= 4 is 26.0 Å². The fourth-order valence-electron chi connectivity index (χ4n) is 1.93. The topological polar surface area (TPSA) is 74.8 Å². The van der Waals surface area contributed by atoms with Crippen LogP contribution in [0.15, 0.2) is 4.90 Å². The number of aryl methyl sites for hydroxylation is 2. The largest absolute Gasteiger partial charge is 0.281 e. The van der Waals surface area contributed by atoms with E-state index in [-0.39, 0.29) is 10.9 Å². The molecule has 0 saturated heterocycles. The molecule has 0 radical (unpaired) electrons. The Morgan fingerprint density at radius 3 is 2.39 bits per heavy atom. The minimum absolute atomic E-state index is 0.108. The summed E-state index contributed by atoms with van der Waals surface area (Å²) in [4.78, 5) is 0.261. The second-order valence-electron chi connectivity index (χ2n) is 4.87. The van der Waals surface area contributed by atoms with Gasteiger partial charge in [0.1, 0.15) is 4.90 Å². The van der Waals surface area contributed by atoms with Crippen molar-refractivity contribution in [2.24, 2.45) is 5.92 Å². The van der Waals surface area contributed by atoms with E-state index < -0.39 is 10.0 Å². The highest BCUT2D eigenvalue weighted by Crippen LogP contribution is 2.18. The molecular weight excluding hydrogens is 318 g/mol. The van der Waals surface area contributed by atoms with Crippen LogP contribution in [0.3, 0.4) is 0 Å². The Balaban J connectivity index is 2.94. The average molecular weight is 338 g/mol. The molecule has 5 nitrogen and oxygen atoms in total. The Morgan fingerprint density at radius 2 is 2.00 bits per heavy atom. The van der Waals surface area contributed by atoms with E-state index in [1.807, 2.05) is 0 Å². The summed E-state index contributed by atoms with van der Waals surface area (Å²) in [6.45, 7) is 7.53. The Labute approximate surface area is 117 Å². The van der Waals surface area contributed by atoms with Crippen LogP contribution in [0.25, 0.3) is 0 Å². The van der Waals surface area contributed by atoms with Crippen molar-refractivity contribution in [3.05, 3.63) is 11.4 Å². The Kier molecular flexibility index (Phi) is 5.36. The Bertz CT molecular complexity index is 477. The van der Waals surface area contributed by atoms with Crippen LogP contribution in [0.4, 0.5) is 0 Å². The molecule has 0 aromatic carbocycles. The van der Waals surface area contributed by atoms with Gasteiger partial charge >= 0.3 is 0 Å². The molecule has 1 aromatic rings. The molecule has 0 aliphatic heterocycles. The summed E-state index contributed by atoms with van der Waals surface area (Å²) in [5, 5.41) is 7.21. The molecule has 0 amide bonds. The van der Waals surface area contributed by atoms with E-state index in [9.17, 15) is 8.42 Å². The molecule has 0 aliphatic rings. The predicted octanol–water partition coefficient (Wildman–Crippen LogP) is 2.11. The molecule has 0 bridgehead atoms. The van der Waals surface area contributed by atoms with Gasteiger partial charge in [-0.2, -0.15) is 5.10 Å². The Hall–Kier alpha value is -0.400. The van der Waals surface area contributed by atoms with E-state index in [4.69, 9.17) is 0 Å². The van der Waals surface area contributed by atoms with Crippen molar-refractivity contribution in [2.75, 3.05) is 5.33 Å². The second kappa shape index (κ2) is 6.16. The third kappa shape index (κ3) is 3.80. The second-order valence-corrected chi connectivity index (χ2v) is 7.16. The highest BCUT2D eigenvalue weighted by Gasteiger charge is 2.25. The van der Waals surface area contributed by atoms with Gasteiger partial charge < -0.3 is 0 Å². The summed E-state index contributed by atoms with van der Waals surface area (Å²) < 4.78 is 27.3. The first-order valence-corrected chi connectivity index (χ1v) is 8.48. The number of rotatable bonds is 6. The molecule has 2 N–H and O–H groups in total. The number of alkyl halides is 1. The van der Waals surface area contributed by atoms with Gasteiger partial charge in [-0.15, -0.1) is 0 Å². The van der Waals surface area contributed by atoms with E-state index in [1.165, 1.54) is 0 Å². The van der Waals surface area contributed by atoms with Crippen molar-refractivity contribution in [2.45, 2.75) is 45.1 Å². The lowest BCUT2D eigenvalue weighted by atomic mass is 10.1. The summed E-state index contributed by atoms with van der Waals surface area (Å²) in [7, 11) is -3.51. The molecule has 0 saturated carbocycles. The van der Waals surface area contributed by atoms with Crippen molar-refractivity contribution in [3.63, 3.8) is 0 Å². The molecule has 1 heterocycles. The van der Waals surface area contributed by atoms with E-state index in [0.717, 1.165) is 6.42 Å². The summed E-state index contributed by atoms with van der Waals surface area (Å²) in [5.41, 5.74) is 1.07. The zero-order valence-electron chi connectivity index (χ0n) is 11.1. The number of nitrogens with one attached hydrogen (secondary N) is 2. The first-order chi connectivity index (χ1) is 8.27. The highest BCUT2D eigenvalue weighted by atomic mass is 79.9. The quantitative estimate of drug-likeness (QED) is 0.780. The maximum Gasteiger partial charge on any atom is 0.244 e. The summed E-state index contributed by atoms with van der Waals surface area (Å²) in [6.07, 6.45) is 0.792. The van der Waals surface area contributed by atoms with Crippen molar-refractivity contribution in [3.8, 4) is 0 Å². The molecule has 1 aromatic heterocycles. The zero-order chi connectivity index (χ0) is 13.9. The van der Waals surface area contributed by atoms with Crippen LogP contribution in [0, 0.1) is 19.8 Å². The monoisotopic (exact) mass is 337 g/mol. The molecule has 0 aliphatic carbocycles. The molecule has 104 valence electrons. The molecule has 7 heteroatoms. The maximum atomic E-state index is 12.3. The van der Waals surface area contributed by atoms with E-state index in [2.05, 4.69) is 44.7 Å². The maximum absolute atomic E-state index is 12.3. The first kappa shape index (κ1) is 15.7. The number of hydrogen-bond acceptors (Lipinski definition) is 3. The van der Waals surface area contributed by atoms with Crippen LogP contribution >= 0.6 is 15.9 Å². The molecule has 1 rings (SSSR count). The molecule has 1 unspecified atom stereocenters. The van der Waals surface area contributed by atoms with Gasteiger partial charge in [0.15, 0.2) is 0 Å². The standard InChI is InChI=1S/C11H20BrN3O2S/c1-7(2)5-10(6-12)15-18(16,17)11-8(3)13-14-9(11)4/h7,10,15H,5-6H2,1-4H3,(H,13,14). The van der Waals surface area contributed by atoms with Gasteiger partial charge in [0.05, 0.1) is 11.4 Å². The average Bonchev–Trinajstić information content (AvgIpc) is 2.56. The third-order valence-electron chi connectivity index (χ3n) is 2.59. The van der Waals surface area contributed by atoms with Crippen LogP contribution < -0.4 is 4.72 Å². The number of aromatic amines is 1. The predicted molar refractivity (Wildman–Crippen MR) is 75.4 cm³/mol. The molecule has 0 fully saturated rings. The van der Waals surface area contributed by atoms with Crippen molar-refractivity contribution in [1.29, 1.82) is 0 Å². The van der Waals surface area contributed by atoms with E-state index >= 15 is 0 Å². The number of aromatic nitrogens is 2. The van der Waals surface area contributed by atoms with Crippen LogP contribution in [0.2, 0.25) is 0 Å². The van der Waals surface area contributed by atoms with Gasteiger partial charge in [0.2, 0.25) is 10.0 Å². The summed E-state index contributed by atoms with van der Waals surface area (Å²) in [6, 6.07) is -0.108. The van der Waals surface area contributed by atoms with Crippen LogP contribution in [0.5, 0.6) is 0 Å². The van der Waals surface area contributed by atoms with Gasteiger partial charge in [-0.3, -0.25) is 5.10 Å². The minimum atomic E-state index is -3.51. The van der Waals surface area contributed by atoms with E-state index in [0.29, 0.717) is 22.6 Å². The normalized spacial score (nSPS) is 14.1. The number of sulfonamides is 1. The van der Waals surface area contributed by atoms with Gasteiger partial charge in [0.25, 0.3) is 0 Å². The smallest absolute Gasteiger partial charge is 0.244 e. The van der Waals surface area contributed by atoms with Crippen molar-refractivity contribution < 1.29 is 8.42 Å². The van der Waals surface area contributed by atoms with Gasteiger partial charge in [-0.05, 0) is 26.2 Å². The SMILES string of the molecule is Cc1n[nH]c(C)c1S(=O)(=O)NC(CBr)CC(C)C. The van der Waals surface area contributed by atoms with Gasteiger partial charge in [-0.1, -0.05) is 29.8 Å². The first-order valence-electron chi connectivity index (χ1n) is 5.87. The Morgan fingerprint density at radius 1 is 1.39 bits per heavy atom. The highest BCUT2D eigenvalue weighted by molar-refractivity contribution is 9.09. The number of H-pyrrole nitrogens is 1. The zero-order valence-corrected chi connectivity index (χ0v) is 13.5. The van der Waals surface area contributed by atoms with E-state index in [1.54, 1.807) is 13.8 Å². The van der Waals surface area contributed by atoms with Crippen LogP contribution in [-0.4, -0.2) is 30.0 Å². The lowest BCUT2D eigenvalue weighted by Crippen LogP contribution is -2.37. The number of nitrogens with zero attached hydrogens (tertiary/aromatic N) is 1. The lowest BCUT2D eigenvalue weighted by molar-refractivity contribution is 0.488.